The van der Waals surface area contributed by atoms with Crippen molar-refractivity contribution in [3.05, 3.63) is 12.2 Å². The average molecular weight is 142 g/mol. The van der Waals surface area contributed by atoms with Gasteiger partial charge in [-0.25, -0.2) is 4.79 Å². The summed E-state index contributed by atoms with van der Waals surface area (Å²) in [4.78, 5) is 20.2. The lowest BCUT2D eigenvalue weighted by Gasteiger charge is -2.02. The van der Waals surface area contributed by atoms with Crippen molar-refractivity contribution >= 4 is 12.3 Å². The van der Waals surface area contributed by atoms with Gasteiger partial charge in [0, 0.05) is 6.08 Å². The molecule has 0 saturated heterocycles. The Kier molecular flexibility index (Phi) is 4.20. The molecule has 0 aliphatic carbocycles. The van der Waals surface area contributed by atoms with Crippen molar-refractivity contribution in [1.82, 2.24) is 0 Å². The van der Waals surface area contributed by atoms with Gasteiger partial charge >= 0.3 is 5.97 Å². The molecule has 3 heteroatoms. The van der Waals surface area contributed by atoms with Crippen LogP contribution in [0.15, 0.2) is 12.2 Å². The van der Waals surface area contributed by atoms with Crippen LogP contribution >= 0.6 is 0 Å². The van der Waals surface area contributed by atoms with E-state index in [1.165, 1.54) is 0 Å². The van der Waals surface area contributed by atoms with Crippen LogP contribution in [0.3, 0.4) is 0 Å². The second-order valence-electron chi connectivity index (χ2n) is 1.98. The zero-order valence-corrected chi connectivity index (χ0v) is 6.03. The lowest BCUT2D eigenvalue weighted by atomic mass is 10.4. The molecule has 0 aliphatic rings. The summed E-state index contributed by atoms with van der Waals surface area (Å²) >= 11 is 0. The number of carbonyl (C=O) groups is 2. The zero-order chi connectivity index (χ0) is 7.98. The maximum Gasteiger partial charge on any atom is 0.331 e. The summed E-state index contributed by atoms with van der Waals surface area (Å²) in [5.74, 6) is -0.484. The number of carbonyl (C=O) groups excluding carboxylic acids is 2. The first-order valence-corrected chi connectivity index (χ1v) is 2.99. The van der Waals surface area contributed by atoms with E-state index in [9.17, 15) is 9.59 Å². The third-order valence-electron chi connectivity index (χ3n) is 0.663. The molecule has 0 fully saturated rings. The van der Waals surface area contributed by atoms with Crippen LogP contribution in [-0.2, 0) is 14.3 Å². The molecule has 3 nitrogen and oxygen atoms in total. The second-order valence-corrected chi connectivity index (χ2v) is 1.98. The van der Waals surface area contributed by atoms with Gasteiger partial charge in [0.2, 0.25) is 0 Å². The van der Waals surface area contributed by atoms with E-state index >= 15 is 0 Å². The number of aldehydes is 1. The Morgan fingerprint density at radius 3 is 2.50 bits per heavy atom. The lowest BCUT2D eigenvalue weighted by Crippen LogP contribution is -2.08. The number of hydrogen-bond acceptors (Lipinski definition) is 3. The summed E-state index contributed by atoms with van der Waals surface area (Å²) in [6.07, 6.45) is 2.59. The van der Waals surface area contributed by atoms with E-state index in [1.807, 2.05) is 0 Å². The van der Waals surface area contributed by atoms with Gasteiger partial charge in [-0.2, -0.15) is 0 Å². The van der Waals surface area contributed by atoms with Gasteiger partial charge in [0.25, 0.3) is 0 Å². The first-order chi connectivity index (χ1) is 4.66. The van der Waals surface area contributed by atoms with E-state index in [1.54, 1.807) is 13.8 Å². The van der Waals surface area contributed by atoms with Gasteiger partial charge in [-0.15, -0.1) is 0 Å². The second kappa shape index (κ2) is 4.73. The summed E-state index contributed by atoms with van der Waals surface area (Å²) in [7, 11) is 0. The fraction of sp³-hybridized carbons (Fsp3) is 0.429. The number of hydrogen-bond donors (Lipinski definition) is 0. The van der Waals surface area contributed by atoms with Gasteiger partial charge in [-0.1, -0.05) is 0 Å². The monoisotopic (exact) mass is 142 g/mol. The van der Waals surface area contributed by atoms with Crippen molar-refractivity contribution in [2.75, 3.05) is 0 Å². The summed E-state index contributed by atoms with van der Waals surface area (Å²) in [6.45, 7) is 3.49. The molecule has 0 saturated carbocycles. The van der Waals surface area contributed by atoms with Crippen molar-refractivity contribution < 1.29 is 14.3 Å². The van der Waals surface area contributed by atoms with Gasteiger partial charge < -0.3 is 4.74 Å². The predicted molar refractivity (Wildman–Crippen MR) is 36.4 cm³/mol. The molecule has 10 heavy (non-hydrogen) atoms. The van der Waals surface area contributed by atoms with Gasteiger partial charge in [0.15, 0.2) is 0 Å². The molecule has 0 aromatic heterocycles. The third kappa shape index (κ3) is 5.03. The maximum absolute atomic E-state index is 10.5. The predicted octanol–water partition coefficient (Wildman–Crippen LogP) is 0.693. The highest BCUT2D eigenvalue weighted by atomic mass is 16.5. The van der Waals surface area contributed by atoms with Gasteiger partial charge in [0.05, 0.1) is 6.10 Å². The molecule has 0 spiro atoms. The zero-order valence-electron chi connectivity index (χ0n) is 6.03. The summed E-state index contributed by atoms with van der Waals surface area (Å²) in [5.41, 5.74) is 0. The minimum Gasteiger partial charge on any atom is -0.460 e. The highest BCUT2D eigenvalue weighted by molar-refractivity contribution is 5.86. The molecule has 0 amide bonds. The molecule has 0 N–H and O–H groups in total. The normalized spacial score (nSPS) is 10.3. The molecule has 0 heterocycles. The Morgan fingerprint density at radius 1 is 1.50 bits per heavy atom. The van der Waals surface area contributed by atoms with Crippen LogP contribution < -0.4 is 0 Å². The molecular formula is C7H10O3. The minimum absolute atomic E-state index is 0.135. The highest BCUT2D eigenvalue weighted by Gasteiger charge is 1.97. The fourth-order valence-electron chi connectivity index (χ4n) is 0.389. The molecule has 0 unspecified atom stereocenters. The first-order valence-electron chi connectivity index (χ1n) is 2.99. The lowest BCUT2D eigenvalue weighted by molar-refractivity contribution is -0.141. The van der Waals surface area contributed by atoms with Crippen LogP contribution in [-0.4, -0.2) is 18.4 Å². The molecule has 0 aromatic carbocycles. The van der Waals surface area contributed by atoms with Crippen LogP contribution in [0.5, 0.6) is 0 Å². The van der Waals surface area contributed by atoms with E-state index in [4.69, 9.17) is 0 Å². The standard InChI is InChI=1S/C7H10O3/c1-6(2)10-7(9)4-3-5-8/h3-6H,1-2H3/b4-3+. The molecule has 0 bridgehead atoms. The molecule has 0 radical (unpaired) electrons. The quantitative estimate of drug-likeness (QED) is 0.331. The minimum atomic E-state index is -0.484. The van der Waals surface area contributed by atoms with Crippen molar-refractivity contribution in [2.45, 2.75) is 20.0 Å². The summed E-state index contributed by atoms with van der Waals surface area (Å²) < 4.78 is 4.67. The molecule has 0 aromatic rings. The van der Waals surface area contributed by atoms with E-state index in [-0.39, 0.29) is 6.10 Å². The van der Waals surface area contributed by atoms with Crippen LogP contribution in [0, 0.1) is 0 Å². The van der Waals surface area contributed by atoms with E-state index in [0.717, 1.165) is 12.2 Å². The molecule has 0 rings (SSSR count). The SMILES string of the molecule is CC(C)OC(=O)/C=C/C=O. The molecule has 0 aliphatic heterocycles. The molecule has 0 atom stereocenters. The van der Waals surface area contributed by atoms with Crippen LogP contribution in [0.2, 0.25) is 0 Å². The van der Waals surface area contributed by atoms with Gasteiger partial charge in [0.1, 0.15) is 6.29 Å². The Morgan fingerprint density at radius 2 is 2.10 bits per heavy atom. The smallest absolute Gasteiger partial charge is 0.331 e. The number of ether oxygens (including phenoxy) is 1. The van der Waals surface area contributed by atoms with Crippen molar-refractivity contribution in [2.24, 2.45) is 0 Å². The Bertz CT molecular complexity index is 147. The van der Waals surface area contributed by atoms with Crippen molar-refractivity contribution in [3.63, 3.8) is 0 Å². The highest BCUT2D eigenvalue weighted by Crippen LogP contribution is 1.88. The number of allylic oxidation sites excluding steroid dienone is 1. The van der Waals surface area contributed by atoms with Crippen LogP contribution in [0.4, 0.5) is 0 Å². The average Bonchev–Trinajstić information content (AvgIpc) is 1.82. The number of rotatable bonds is 3. The van der Waals surface area contributed by atoms with E-state index in [0.29, 0.717) is 6.29 Å². The Balaban J connectivity index is 3.64. The largest absolute Gasteiger partial charge is 0.460 e. The van der Waals surface area contributed by atoms with E-state index in [2.05, 4.69) is 4.74 Å². The molecule has 56 valence electrons. The maximum atomic E-state index is 10.5. The summed E-state index contributed by atoms with van der Waals surface area (Å²) in [6, 6.07) is 0. The summed E-state index contributed by atoms with van der Waals surface area (Å²) in [5, 5.41) is 0. The van der Waals surface area contributed by atoms with Crippen LogP contribution in [0.1, 0.15) is 13.8 Å². The van der Waals surface area contributed by atoms with Crippen molar-refractivity contribution in [3.8, 4) is 0 Å². The topological polar surface area (TPSA) is 43.4 Å². The Labute approximate surface area is 59.7 Å². The van der Waals surface area contributed by atoms with Gasteiger partial charge in [-0.05, 0) is 19.9 Å². The van der Waals surface area contributed by atoms with Gasteiger partial charge in [-0.3, -0.25) is 4.79 Å². The first kappa shape index (κ1) is 8.88. The third-order valence-corrected chi connectivity index (χ3v) is 0.663. The fourth-order valence-corrected chi connectivity index (χ4v) is 0.389. The van der Waals surface area contributed by atoms with E-state index < -0.39 is 5.97 Å². The molecular weight excluding hydrogens is 132 g/mol. The number of esters is 1. The Hall–Kier alpha value is -1.12. The van der Waals surface area contributed by atoms with Crippen LogP contribution in [0.25, 0.3) is 0 Å². The van der Waals surface area contributed by atoms with Crippen molar-refractivity contribution in [1.29, 1.82) is 0 Å².